The summed E-state index contributed by atoms with van der Waals surface area (Å²) >= 11 is 0. The van der Waals surface area contributed by atoms with Crippen LogP contribution < -0.4 is 5.73 Å². The van der Waals surface area contributed by atoms with Crippen LogP contribution in [0.1, 0.15) is 19.3 Å². The van der Waals surface area contributed by atoms with E-state index in [-0.39, 0.29) is 12.3 Å². The maximum atomic E-state index is 12.1. The van der Waals surface area contributed by atoms with Crippen molar-refractivity contribution < 1.29 is 29.4 Å². The first-order chi connectivity index (χ1) is 9.79. The maximum absolute atomic E-state index is 12.1. The van der Waals surface area contributed by atoms with Gasteiger partial charge >= 0.3 is 18.0 Å². The molecule has 1 aliphatic heterocycles. The number of carboxylic acid groups (broad SMARTS) is 2. The Morgan fingerprint density at radius 3 is 1.90 bits per heavy atom. The molecule has 9 nitrogen and oxygen atoms in total. The van der Waals surface area contributed by atoms with Crippen LogP contribution in [0, 0.1) is 5.92 Å². The number of amides is 3. The number of hydrogen-bond donors (Lipinski definition) is 3. The van der Waals surface area contributed by atoms with Crippen LogP contribution >= 0.6 is 0 Å². The predicted molar refractivity (Wildman–Crippen MR) is 70.3 cm³/mol. The molecule has 0 aromatic carbocycles. The zero-order valence-corrected chi connectivity index (χ0v) is 11.5. The summed E-state index contributed by atoms with van der Waals surface area (Å²) in [6.45, 7) is -0.613. The van der Waals surface area contributed by atoms with Crippen molar-refractivity contribution in [3.05, 3.63) is 0 Å². The Labute approximate surface area is 121 Å². The molecule has 0 spiro atoms. The van der Waals surface area contributed by atoms with Crippen LogP contribution in [0.4, 0.5) is 4.79 Å². The number of carboxylic acids is 2. The summed E-state index contributed by atoms with van der Waals surface area (Å²) in [6.07, 6.45) is 1.43. The summed E-state index contributed by atoms with van der Waals surface area (Å²) in [5, 5.41) is 17.5. The van der Waals surface area contributed by atoms with E-state index in [0.717, 1.165) is 4.90 Å². The smallest absolute Gasteiger partial charge is 0.323 e. The van der Waals surface area contributed by atoms with Crippen LogP contribution in [0.15, 0.2) is 0 Å². The van der Waals surface area contributed by atoms with E-state index in [4.69, 9.17) is 15.9 Å². The van der Waals surface area contributed by atoms with E-state index in [9.17, 15) is 19.2 Å². The average Bonchev–Trinajstić information content (AvgIpc) is 2.36. The highest BCUT2D eigenvalue weighted by atomic mass is 16.4. The highest BCUT2D eigenvalue weighted by Crippen LogP contribution is 2.21. The fourth-order valence-electron chi connectivity index (χ4n) is 2.33. The number of nitrogens with two attached hydrogens (primary N) is 1. The van der Waals surface area contributed by atoms with Gasteiger partial charge in [0.25, 0.3) is 0 Å². The van der Waals surface area contributed by atoms with Gasteiger partial charge in [-0.05, 0) is 18.8 Å². The molecule has 0 atom stereocenters. The lowest BCUT2D eigenvalue weighted by molar-refractivity contribution is -0.140. The Morgan fingerprint density at radius 1 is 1.05 bits per heavy atom. The molecule has 1 fully saturated rings. The second kappa shape index (κ2) is 7.46. The summed E-state index contributed by atoms with van der Waals surface area (Å²) in [5.74, 6) is -2.82. The highest BCUT2D eigenvalue weighted by Gasteiger charge is 2.28. The van der Waals surface area contributed by atoms with Crippen molar-refractivity contribution in [3.63, 3.8) is 0 Å². The van der Waals surface area contributed by atoms with Gasteiger partial charge in [0.15, 0.2) is 0 Å². The lowest BCUT2D eigenvalue weighted by Gasteiger charge is -2.34. The van der Waals surface area contributed by atoms with Gasteiger partial charge in [0.1, 0.15) is 13.1 Å². The van der Waals surface area contributed by atoms with Crippen molar-refractivity contribution in [3.8, 4) is 0 Å². The number of carbonyl (C=O) groups excluding carboxylic acids is 2. The standard InChI is InChI=1S/C12H19N3O6/c13-9(16)5-8-1-3-14(4-2-8)12(21)15(6-10(17)18)7-11(19)20/h8H,1-7H2,(H2,13,16)(H,17,18)(H,19,20). The zero-order valence-electron chi connectivity index (χ0n) is 11.5. The first-order valence-electron chi connectivity index (χ1n) is 6.55. The van der Waals surface area contributed by atoms with Gasteiger partial charge in [0, 0.05) is 19.5 Å². The fourth-order valence-corrected chi connectivity index (χ4v) is 2.33. The Hall–Kier alpha value is -2.32. The van der Waals surface area contributed by atoms with Gasteiger partial charge in [-0.25, -0.2) is 4.79 Å². The molecule has 0 aromatic rings. The molecule has 1 aliphatic rings. The Bertz CT molecular complexity index is 415. The number of aliphatic carboxylic acids is 2. The monoisotopic (exact) mass is 301 g/mol. The first kappa shape index (κ1) is 16.7. The van der Waals surface area contributed by atoms with Crippen LogP contribution in [0.25, 0.3) is 0 Å². The topological polar surface area (TPSA) is 141 Å². The molecular weight excluding hydrogens is 282 g/mol. The largest absolute Gasteiger partial charge is 0.480 e. The summed E-state index contributed by atoms with van der Waals surface area (Å²) < 4.78 is 0. The van der Waals surface area contributed by atoms with Gasteiger partial charge in [0.2, 0.25) is 5.91 Å². The van der Waals surface area contributed by atoms with Crippen molar-refractivity contribution in [2.24, 2.45) is 11.7 Å². The molecule has 0 unspecified atom stereocenters. The molecule has 0 saturated carbocycles. The second-order valence-corrected chi connectivity index (χ2v) is 5.03. The molecule has 0 radical (unpaired) electrons. The van der Waals surface area contributed by atoms with E-state index in [1.807, 2.05) is 0 Å². The molecule has 0 aromatic heterocycles. The third-order valence-corrected chi connectivity index (χ3v) is 3.30. The SMILES string of the molecule is NC(=O)CC1CCN(C(=O)N(CC(=O)O)CC(=O)O)CC1. The normalized spacial score (nSPS) is 15.5. The van der Waals surface area contributed by atoms with Crippen molar-refractivity contribution in [1.82, 2.24) is 9.80 Å². The van der Waals surface area contributed by atoms with Gasteiger partial charge in [0.05, 0.1) is 0 Å². The zero-order chi connectivity index (χ0) is 16.0. The maximum Gasteiger partial charge on any atom is 0.323 e. The van der Waals surface area contributed by atoms with Crippen molar-refractivity contribution >= 4 is 23.9 Å². The van der Waals surface area contributed by atoms with Gasteiger partial charge in [-0.1, -0.05) is 0 Å². The minimum Gasteiger partial charge on any atom is -0.480 e. The van der Waals surface area contributed by atoms with E-state index in [0.29, 0.717) is 25.9 Å². The third kappa shape index (κ3) is 5.67. The van der Waals surface area contributed by atoms with Gasteiger partial charge in [-0.2, -0.15) is 0 Å². The van der Waals surface area contributed by atoms with Crippen LogP contribution in [-0.2, 0) is 14.4 Å². The number of primary amides is 1. The molecule has 9 heteroatoms. The lowest BCUT2D eigenvalue weighted by Crippen LogP contribution is -2.50. The average molecular weight is 301 g/mol. The minimum absolute atomic E-state index is 0.110. The first-order valence-corrected chi connectivity index (χ1v) is 6.55. The van der Waals surface area contributed by atoms with Gasteiger partial charge in [-0.15, -0.1) is 0 Å². The highest BCUT2D eigenvalue weighted by molar-refractivity contribution is 5.84. The quantitative estimate of drug-likeness (QED) is 0.584. The van der Waals surface area contributed by atoms with Crippen molar-refractivity contribution in [1.29, 1.82) is 0 Å². The number of carbonyl (C=O) groups is 4. The van der Waals surface area contributed by atoms with Gasteiger partial charge < -0.3 is 25.7 Å². The summed E-state index contributed by atoms with van der Waals surface area (Å²) in [5.41, 5.74) is 5.12. The van der Waals surface area contributed by atoms with Crippen LogP contribution in [0.3, 0.4) is 0 Å². The molecule has 0 aliphatic carbocycles. The van der Waals surface area contributed by atoms with Crippen molar-refractivity contribution in [2.45, 2.75) is 19.3 Å². The molecule has 1 heterocycles. The predicted octanol–water partition coefficient (Wildman–Crippen LogP) is -0.835. The molecule has 1 rings (SSSR count). The number of rotatable bonds is 6. The Balaban J connectivity index is 2.58. The number of piperidine rings is 1. The van der Waals surface area contributed by atoms with Crippen molar-refractivity contribution in [2.75, 3.05) is 26.2 Å². The number of likely N-dealkylation sites (tertiary alicyclic amines) is 1. The van der Waals surface area contributed by atoms with E-state index in [1.54, 1.807) is 0 Å². The molecule has 1 saturated heterocycles. The number of hydrogen-bond acceptors (Lipinski definition) is 4. The van der Waals surface area contributed by atoms with Crippen LogP contribution in [0.2, 0.25) is 0 Å². The number of urea groups is 1. The fraction of sp³-hybridized carbons (Fsp3) is 0.667. The summed E-state index contributed by atoms with van der Waals surface area (Å²) in [7, 11) is 0. The molecule has 0 bridgehead atoms. The summed E-state index contributed by atoms with van der Waals surface area (Å²) in [4.78, 5) is 46.5. The van der Waals surface area contributed by atoms with Crippen LogP contribution in [0.5, 0.6) is 0 Å². The summed E-state index contributed by atoms with van der Waals surface area (Å²) in [6, 6.07) is -0.614. The third-order valence-electron chi connectivity index (χ3n) is 3.30. The number of nitrogens with zero attached hydrogens (tertiary/aromatic N) is 2. The minimum atomic E-state index is -1.27. The van der Waals surface area contributed by atoms with E-state index in [2.05, 4.69) is 0 Å². The van der Waals surface area contributed by atoms with Gasteiger partial charge in [-0.3, -0.25) is 14.4 Å². The Kier molecular flexibility index (Phi) is 5.94. The van der Waals surface area contributed by atoms with E-state index < -0.39 is 37.0 Å². The molecular formula is C12H19N3O6. The van der Waals surface area contributed by atoms with Crippen LogP contribution in [-0.4, -0.2) is 70.1 Å². The van der Waals surface area contributed by atoms with E-state index >= 15 is 0 Å². The molecule has 21 heavy (non-hydrogen) atoms. The molecule has 3 amide bonds. The van der Waals surface area contributed by atoms with E-state index in [1.165, 1.54) is 4.90 Å². The second-order valence-electron chi connectivity index (χ2n) is 5.03. The molecule has 118 valence electrons. The lowest BCUT2D eigenvalue weighted by atomic mass is 9.93. The Morgan fingerprint density at radius 2 is 1.52 bits per heavy atom. The molecule has 4 N–H and O–H groups in total.